The zero-order valence-corrected chi connectivity index (χ0v) is 15.3. The van der Waals surface area contributed by atoms with E-state index in [1.165, 1.54) is 11.7 Å². The van der Waals surface area contributed by atoms with Crippen LogP contribution >= 0.6 is 23.2 Å². The number of carbonyl (C=O) groups is 1. The Morgan fingerprint density at radius 2 is 2.12 bits per heavy atom. The summed E-state index contributed by atoms with van der Waals surface area (Å²) in [6, 6.07) is 7.74. The molecule has 1 fully saturated rings. The second-order valence-electron chi connectivity index (χ2n) is 6.70. The maximum atomic E-state index is 13.3. The van der Waals surface area contributed by atoms with Crippen molar-refractivity contribution in [2.24, 2.45) is 7.05 Å². The molecule has 2 bridgehead atoms. The normalized spacial score (nSPS) is 23.5. The monoisotopic (exact) mass is 397 g/mol. The fraction of sp³-hybridized carbons (Fsp3) is 0.333. The summed E-state index contributed by atoms with van der Waals surface area (Å²) in [6.45, 7) is 0. The number of aromatic nitrogens is 2. The number of amides is 1. The van der Waals surface area contributed by atoms with Crippen LogP contribution in [0.2, 0.25) is 0 Å². The highest BCUT2D eigenvalue weighted by Crippen LogP contribution is 2.60. The van der Waals surface area contributed by atoms with Gasteiger partial charge in [0.05, 0.1) is 11.1 Å². The van der Waals surface area contributed by atoms with Gasteiger partial charge < -0.3 is 5.32 Å². The van der Waals surface area contributed by atoms with Crippen molar-refractivity contribution in [1.29, 1.82) is 0 Å². The third-order valence-electron chi connectivity index (χ3n) is 5.24. The number of benzene rings is 1. The Labute approximate surface area is 158 Å². The fourth-order valence-electron chi connectivity index (χ4n) is 4.25. The van der Waals surface area contributed by atoms with Crippen LogP contribution in [-0.2, 0) is 12.6 Å². The van der Waals surface area contributed by atoms with Gasteiger partial charge in [-0.25, -0.2) is 8.78 Å². The Hall–Kier alpha value is -1.92. The van der Waals surface area contributed by atoms with Gasteiger partial charge in [0.15, 0.2) is 5.69 Å². The minimum Gasteiger partial charge on any atom is -0.337 e. The molecule has 0 unspecified atom stereocenters. The molecule has 8 heteroatoms. The molecule has 2 aliphatic rings. The van der Waals surface area contributed by atoms with Gasteiger partial charge >= 0.3 is 0 Å². The summed E-state index contributed by atoms with van der Waals surface area (Å²) in [4.78, 5) is 12.9. The molecule has 2 aliphatic carbocycles. The second-order valence-corrected chi connectivity index (χ2v) is 7.65. The average molecular weight is 398 g/mol. The molecule has 1 amide bonds. The number of rotatable bonds is 3. The highest BCUT2D eigenvalue weighted by molar-refractivity contribution is 6.56. The summed E-state index contributed by atoms with van der Waals surface area (Å²) in [5, 5.41) is 6.84. The number of alkyl halides is 2. The Morgan fingerprint density at radius 3 is 2.81 bits per heavy atom. The number of fused-ring (bicyclic) bond motifs is 5. The predicted octanol–water partition coefficient (Wildman–Crippen LogP) is 4.56. The Kier molecular flexibility index (Phi) is 4.08. The first kappa shape index (κ1) is 17.5. The van der Waals surface area contributed by atoms with E-state index in [-0.39, 0.29) is 16.1 Å². The standard InChI is InChI=1S/C18H15Cl2F2N3O/c1-25-8-11(16(21)22)14(24-25)17(26)23-18-7-9(6-13(18)15(19)20)10-4-2-3-5-12(10)18/h2-5,8-9,16H,6-7H2,1H3,(H,23,26)/t9-,18+/m1/s1. The van der Waals surface area contributed by atoms with Gasteiger partial charge in [0.1, 0.15) is 4.49 Å². The summed E-state index contributed by atoms with van der Waals surface area (Å²) in [6.07, 6.45) is -0.403. The van der Waals surface area contributed by atoms with E-state index < -0.39 is 23.4 Å². The lowest BCUT2D eigenvalue weighted by molar-refractivity contribution is 0.0896. The van der Waals surface area contributed by atoms with Crippen LogP contribution in [0, 0.1) is 0 Å². The number of halogens is 4. The predicted molar refractivity (Wildman–Crippen MR) is 94.5 cm³/mol. The Morgan fingerprint density at radius 1 is 1.38 bits per heavy atom. The maximum absolute atomic E-state index is 13.3. The number of hydrogen-bond donors (Lipinski definition) is 1. The third kappa shape index (κ3) is 2.47. The molecule has 1 aromatic heterocycles. The summed E-state index contributed by atoms with van der Waals surface area (Å²) in [5.74, 6) is -0.474. The van der Waals surface area contributed by atoms with E-state index in [1.807, 2.05) is 24.3 Å². The van der Waals surface area contributed by atoms with Crippen molar-refractivity contribution >= 4 is 29.1 Å². The first-order valence-electron chi connectivity index (χ1n) is 8.11. The van der Waals surface area contributed by atoms with Gasteiger partial charge in [-0.15, -0.1) is 0 Å². The van der Waals surface area contributed by atoms with Gasteiger partial charge in [0.2, 0.25) is 0 Å². The molecule has 1 N–H and O–H groups in total. The molecule has 2 atom stereocenters. The lowest BCUT2D eigenvalue weighted by Gasteiger charge is -2.33. The van der Waals surface area contributed by atoms with Crippen molar-refractivity contribution in [2.75, 3.05) is 0 Å². The lowest BCUT2D eigenvalue weighted by Crippen LogP contribution is -2.45. The van der Waals surface area contributed by atoms with Crippen LogP contribution in [0.5, 0.6) is 0 Å². The molecule has 4 rings (SSSR count). The number of aryl methyl sites for hydroxylation is 1. The van der Waals surface area contributed by atoms with Crippen LogP contribution in [-0.4, -0.2) is 15.7 Å². The van der Waals surface area contributed by atoms with Crippen molar-refractivity contribution in [3.05, 3.63) is 62.9 Å². The molecule has 2 aromatic rings. The third-order valence-corrected chi connectivity index (χ3v) is 5.70. The van der Waals surface area contributed by atoms with Gasteiger partial charge in [-0.05, 0) is 35.5 Å². The van der Waals surface area contributed by atoms with Gasteiger partial charge in [0, 0.05) is 13.2 Å². The van der Waals surface area contributed by atoms with Crippen LogP contribution in [0.4, 0.5) is 8.78 Å². The molecular formula is C18H15Cl2F2N3O. The molecule has 0 aliphatic heterocycles. The highest BCUT2D eigenvalue weighted by atomic mass is 35.5. The zero-order valence-electron chi connectivity index (χ0n) is 13.8. The van der Waals surface area contributed by atoms with Crippen LogP contribution in [0.3, 0.4) is 0 Å². The Bertz CT molecular complexity index is 936. The fourth-order valence-corrected chi connectivity index (χ4v) is 4.72. The summed E-state index contributed by atoms with van der Waals surface area (Å²) >= 11 is 12.2. The summed E-state index contributed by atoms with van der Waals surface area (Å²) < 4.78 is 27.8. The smallest absolute Gasteiger partial charge is 0.273 e. The van der Waals surface area contributed by atoms with E-state index in [4.69, 9.17) is 23.2 Å². The number of hydrogen-bond acceptors (Lipinski definition) is 2. The van der Waals surface area contributed by atoms with Crippen molar-refractivity contribution in [3.63, 3.8) is 0 Å². The summed E-state index contributed by atoms with van der Waals surface area (Å²) in [7, 11) is 1.50. The maximum Gasteiger partial charge on any atom is 0.273 e. The largest absolute Gasteiger partial charge is 0.337 e. The van der Waals surface area contributed by atoms with E-state index in [0.29, 0.717) is 18.4 Å². The van der Waals surface area contributed by atoms with Crippen molar-refractivity contribution in [1.82, 2.24) is 15.1 Å². The molecule has 0 spiro atoms. The molecule has 0 radical (unpaired) electrons. The molecule has 1 heterocycles. The van der Waals surface area contributed by atoms with Crippen LogP contribution < -0.4 is 5.32 Å². The quantitative estimate of drug-likeness (QED) is 0.824. The number of carbonyl (C=O) groups excluding carboxylic acids is 1. The molecule has 1 aromatic carbocycles. The SMILES string of the molecule is Cn1cc(C(F)F)c(C(=O)N[C@]23C[C@@H](CC2=C(Cl)Cl)c2ccccc23)n1. The minimum atomic E-state index is -2.79. The van der Waals surface area contributed by atoms with Gasteiger partial charge in [-0.2, -0.15) is 5.10 Å². The average Bonchev–Trinajstić information content (AvgIpc) is 3.25. The molecular weight excluding hydrogens is 383 g/mol. The first-order valence-corrected chi connectivity index (χ1v) is 8.87. The molecule has 4 nitrogen and oxygen atoms in total. The Balaban J connectivity index is 1.79. The molecule has 1 saturated carbocycles. The van der Waals surface area contributed by atoms with Crippen LogP contribution in [0.1, 0.15) is 52.4 Å². The van der Waals surface area contributed by atoms with Crippen molar-refractivity contribution < 1.29 is 13.6 Å². The van der Waals surface area contributed by atoms with Gasteiger partial charge in [0.25, 0.3) is 12.3 Å². The van der Waals surface area contributed by atoms with Crippen LogP contribution in [0.15, 0.2) is 40.5 Å². The topological polar surface area (TPSA) is 46.9 Å². The van der Waals surface area contributed by atoms with E-state index in [0.717, 1.165) is 17.3 Å². The number of nitrogens with zero attached hydrogens (tertiary/aromatic N) is 2. The molecule has 0 saturated heterocycles. The highest BCUT2D eigenvalue weighted by Gasteiger charge is 2.54. The van der Waals surface area contributed by atoms with Gasteiger partial charge in [-0.3, -0.25) is 9.48 Å². The lowest BCUT2D eigenvalue weighted by atomic mass is 9.83. The summed E-state index contributed by atoms with van der Waals surface area (Å²) in [5.41, 5.74) is 1.19. The van der Waals surface area contributed by atoms with Crippen LogP contribution in [0.25, 0.3) is 0 Å². The van der Waals surface area contributed by atoms with E-state index >= 15 is 0 Å². The minimum absolute atomic E-state index is 0.109. The second kappa shape index (κ2) is 6.06. The van der Waals surface area contributed by atoms with Crippen molar-refractivity contribution in [2.45, 2.75) is 30.7 Å². The molecule has 136 valence electrons. The van der Waals surface area contributed by atoms with E-state index in [2.05, 4.69) is 10.4 Å². The number of nitrogens with one attached hydrogen (secondary N) is 1. The molecule has 26 heavy (non-hydrogen) atoms. The van der Waals surface area contributed by atoms with E-state index in [9.17, 15) is 13.6 Å². The van der Waals surface area contributed by atoms with Crippen molar-refractivity contribution in [3.8, 4) is 0 Å². The van der Waals surface area contributed by atoms with E-state index in [1.54, 1.807) is 0 Å². The first-order chi connectivity index (χ1) is 12.3. The zero-order chi connectivity index (χ0) is 18.6. The van der Waals surface area contributed by atoms with Gasteiger partial charge in [-0.1, -0.05) is 47.5 Å².